The number of anilines is 1. The third kappa shape index (κ3) is 4.19. The molecule has 0 spiro atoms. The van der Waals surface area contributed by atoms with E-state index in [1.54, 1.807) is 0 Å². The Morgan fingerprint density at radius 1 is 1.12 bits per heavy atom. The van der Waals surface area contributed by atoms with E-state index in [0.717, 1.165) is 74.0 Å². The van der Waals surface area contributed by atoms with Crippen LogP contribution in [-0.4, -0.2) is 76.5 Å². The first kappa shape index (κ1) is 21.6. The zero-order valence-electron chi connectivity index (χ0n) is 18.3. The second-order valence-corrected chi connectivity index (χ2v) is 8.85. The summed E-state index contributed by atoms with van der Waals surface area (Å²) >= 11 is 6.57. The maximum atomic E-state index is 12.8. The summed E-state index contributed by atoms with van der Waals surface area (Å²) in [6.07, 6.45) is 2.23. The molecule has 2 fully saturated rings. The third-order valence-electron chi connectivity index (χ3n) is 6.29. The van der Waals surface area contributed by atoms with Crippen molar-refractivity contribution in [2.75, 3.05) is 50.9 Å². The first-order valence-electron chi connectivity index (χ1n) is 11.3. The van der Waals surface area contributed by atoms with Crippen molar-refractivity contribution in [2.45, 2.75) is 32.4 Å². The molecule has 0 bridgehead atoms. The molecule has 2 aliphatic heterocycles. The van der Waals surface area contributed by atoms with Crippen LogP contribution >= 0.6 is 11.6 Å². The van der Waals surface area contributed by atoms with E-state index in [-0.39, 0.29) is 12.8 Å². The molecule has 0 amide bonds. The molecule has 2 aromatic heterocycles. The van der Waals surface area contributed by atoms with E-state index in [2.05, 4.69) is 14.4 Å². The van der Waals surface area contributed by atoms with Gasteiger partial charge in [-0.05, 0) is 31.9 Å². The number of halogens is 2. The summed E-state index contributed by atoms with van der Waals surface area (Å²) in [5.74, 6) is 2.34. The molecule has 3 aromatic rings. The van der Waals surface area contributed by atoms with Crippen LogP contribution in [0.25, 0.3) is 22.6 Å². The van der Waals surface area contributed by atoms with Crippen molar-refractivity contribution in [1.29, 1.82) is 0 Å². The van der Waals surface area contributed by atoms with Crippen LogP contribution in [0, 0.1) is 6.92 Å². The van der Waals surface area contributed by atoms with Crippen LogP contribution in [0.2, 0.25) is 5.02 Å². The molecule has 7 nitrogen and oxygen atoms in total. The number of aromatic nitrogens is 4. The third-order valence-corrected chi connectivity index (χ3v) is 6.62. The second-order valence-electron chi connectivity index (χ2n) is 8.45. The van der Waals surface area contributed by atoms with E-state index < -0.39 is 0 Å². The smallest absolute Gasteiger partial charge is 0.166 e. The highest BCUT2D eigenvalue weighted by Crippen LogP contribution is 2.34. The Labute approximate surface area is 192 Å². The van der Waals surface area contributed by atoms with E-state index >= 15 is 0 Å². The van der Waals surface area contributed by atoms with Gasteiger partial charge in [-0.1, -0.05) is 23.7 Å². The summed E-state index contributed by atoms with van der Waals surface area (Å²) in [6, 6.07) is 7.77. The van der Waals surface area contributed by atoms with Gasteiger partial charge in [-0.3, -0.25) is 4.90 Å². The Balaban J connectivity index is 1.60. The molecule has 0 saturated carbocycles. The van der Waals surface area contributed by atoms with Crippen LogP contribution in [0.4, 0.5) is 10.2 Å². The molecule has 1 aromatic carbocycles. The number of alkyl halides is 1. The Morgan fingerprint density at radius 3 is 2.66 bits per heavy atom. The van der Waals surface area contributed by atoms with Crippen LogP contribution in [0.15, 0.2) is 24.3 Å². The number of nitrogens with zero attached hydrogens (tertiary/aromatic N) is 6. The highest BCUT2D eigenvalue weighted by atomic mass is 35.5. The summed E-state index contributed by atoms with van der Waals surface area (Å²) in [6.45, 7) is 6.74. The number of ether oxygens (including phenoxy) is 1. The maximum Gasteiger partial charge on any atom is 0.166 e. The standard InChI is InChI=1S/C23H28ClFN6O/c1-16-26-22(30-12-10-29(9-8-25)11-13-30)20-23(27-16)31(15-17-5-4-14-32-17)21(28-20)18-6-2-3-7-19(18)24/h2-3,6-7,17H,4-5,8-15H2,1H3. The monoisotopic (exact) mass is 458 g/mol. The van der Waals surface area contributed by atoms with Crippen molar-refractivity contribution in [3.63, 3.8) is 0 Å². The molecule has 1 unspecified atom stereocenters. The Morgan fingerprint density at radius 2 is 1.94 bits per heavy atom. The van der Waals surface area contributed by atoms with Gasteiger partial charge in [0.05, 0.1) is 17.7 Å². The molecule has 9 heteroatoms. The van der Waals surface area contributed by atoms with Crippen molar-refractivity contribution >= 4 is 28.6 Å². The van der Waals surface area contributed by atoms with Gasteiger partial charge in [0.1, 0.15) is 18.3 Å². The number of rotatable bonds is 6. The topological polar surface area (TPSA) is 59.3 Å². The van der Waals surface area contributed by atoms with Crippen LogP contribution < -0.4 is 4.90 Å². The molecule has 5 rings (SSSR count). The number of imidazole rings is 1. The first-order valence-corrected chi connectivity index (χ1v) is 11.7. The molecular weight excluding hydrogens is 431 g/mol. The zero-order chi connectivity index (χ0) is 22.1. The largest absolute Gasteiger partial charge is 0.376 e. The lowest BCUT2D eigenvalue weighted by molar-refractivity contribution is 0.0981. The van der Waals surface area contributed by atoms with Crippen LogP contribution in [0.5, 0.6) is 0 Å². The molecule has 32 heavy (non-hydrogen) atoms. The lowest BCUT2D eigenvalue weighted by Gasteiger charge is -2.34. The van der Waals surface area contributed by atoms with Crippen molar-refractivity contribution in [2.24, 2.45) is 0 Å². The van der Waals surface area contributed by atoms with Gasteiger partial charge in [-0.15, -0.1) is 0 Å². The number of piperazine rings is 1. The van der Waals surface area contributed by atoms with E-state index in [0.29, 0.717) is 23.9 Å². The molecule has 4 heterocycles. The minimum atomic E-state index is -0.314. The highest BCUT2D eigenvalue weighted by Gasteiger charge is 2.27. The Hall–Kier alpha value is -2.29. The normalized spacial score (nSPS) is 19.8. The molecule has 1 atom stereocenters. The first-order chi connectivity index (χ1) is 15.6. The average Bonchev–Trinajstić information content (AvgIpc) is 3.43. The average molecular weight is 459 g/mol. The summed E-state index contributed by atoms with van der Waals surface area (Å²) in [7, 11) is 0. The van der Waals surface area contributed by atoms with Crippen molar-refractivity contribution in [3.05, 3.63) is 35.1 Å². The number of hydrogen-bond acceptors (Lipinski definition) is 6. The fourth-order valence-electron chi connectivity index (χ4n) is 4.63. The summed E-state index contributed by atoms with van der Waals surface area (Å²) in [5.41, 5.74) is 2.47. The quantitative estimate of drug-likeness (QED) is 0.561. The number of aryl methyl sites for hydroxylation is 1. The molecule has 170 valence electrons. The predicted octanol–water partition coefficient (Wildman–Crippen LogP) is 3.73. The van der Waals surface area contributed by atoms with Crippen LogP contribution in [-0.2, 0) is 11.3 Å². The van der Waals surface area contributed by atoms with Crippen LogP contribution in [0.1, 0.15) is 18.7 Å². The number of fused-ring (bicyclic) bond motifs is 1. The molecule has 0 aliphatic carbocycles. The maximum absolute atomic E-state index is 12.8. The Bertz CT molecular complexity index is 1090. The number of benzene rings is 1. The van der Waals surface area contributed by atoms with Gasteiger partial charge in [0.2, 0.25) is 0 Å². The fourth-order valence-corrected chi connectivity index (χ4v) is 4.85. The van der Waals surface area contributed by atoms with Crippen molar-refractivity contribution in [3.8, 4) is 11.4 Å². The molecule has 2 saturated heterocycles. The molecular formula is C23H28ClFN6O. The molecule has 2 aliphatic rings. The Kier molecular flexibility index (Phi) is 6.26. The fraction of sp³-hybridized carbons (Fsp3) is 0.522. The van der Waals surface area contributed by atoms with Gasteiger partial charge in [0.15, 0.2) is 17.0 Å². The highest BCUT2D eigenvalue weighted by molar-refractivity contribution is 6.33. The van der Waals surface area contributed by atoms with Gasteiger partial charge < -0.3 is 14.2 Å². The van der Waals surface area contributed by atoms with Crippen molar-refractivity contribution < 1.29 is 9.13 Å². The molecule has 0 radical (unpaired) electrons. The van der Waals surface area contributed by atoms with Gasteiger partial charge in [-0.2, -0.15) is 0 Å². The summed E-state index contributed by atoms with van der Waals surface area (Å²) in [4.78, 5) is 19.0. The minimum absolute atomic E-state index is 0.136. The van der Waals surface area contributed by atoms with Gasteiger partial charge >= 0.3 is 0 Å². The lowest BCUT2D eigenvalue weighted by Crippen LogP contribution is -2.47. The van der Waals surface area contributed by atoms with E-state index in [9.17, 15) is 4.39 Å². The number of hydrogen-bond donors (Lipinski definition) is 0. The zero-order valence-corrected chi connectivity index (χ0v) is 19.1. The van der Waals surface area contributed by atoms with Crippen molar-refractivity contribution in [1.82, 2.24) is 24.4 Å². The van der Waals surface area contributed by atoms with E-state index in [1.165, 1.54) is 0 Å². The minimum Gasteiger partial charge on any atom is -0.376 e. The lowest BCUT2D eigenvalue weighted by atomic mass is 10.2. The second kappa shape index (κ2) is 9.29. The summed E-state index contributed by atoms with van der Waals surface area (Å²) in [5, 5.41) is 0.655. The summed E-state index contributed by atoms with van der Waals surface area (Å²) < 4.78 is 20.8. The van der Waals surface area contributed by atoms with E-state index in [1.807, 2.05) is 31.2 Å². The van der Waals surface area contributed by atoms with Crippen LogP contribution in [0.3, 0.4) is 0 Å². The van der Waals surface area contributed by atoms with Gasteiger partial charge in [0, 0.05) is 44.9 Å². The van der Waals surface area contributed by atoms with E-state index in [4.69, 9.17) is 31.3 Å². The molecule has 0 N–H and O–H groups in total. The SMILES string of the molecule is Cc1nc(N2CCN(CCF)CC2)c2nc(-c3ccccc3Cl)n(CC3CCCO3)c2n1. The van der Waals surface area contributed by atoms with Gasteiger partial charge in [0.25, 0.3) is 0 Å². The van der Waals surface area contributed by atoms with Gasteiger partial charge in [-0.25, -0.2) is 19.3 Å². The predicted molar refractivity (Wildman–Crippen MR) is 124 cm³/mol.